The molecule has 11 heteroatoms. The smallest absolute Gasteiger partial charge is 0.246 e. The van der Waals surface area contributed by atoms with Gasteiger partial charge in [-0.25, -0.2) is 9.98 Å². The van der Waals surface area contributed by atoms with Crippen molar-refractivity contribution in [3.63, 3.8) is 0 Å². The van der Waals surface area contributed by atoms with Crippen LogP contribution in [0.15, 0.2) is 22.8 Å². The maximum atomic E-state index is 12.6. The average molecular weight is 518 g/mol. The molecule has 154 valence electrons. The van der Waals surface area contributed by atoms with E-state index < -0.39 is 0 Å². The van der Waals surface area contributed by atoms with E-state index in [1.165, 1.54) is 0 Å². The number of piperazine rings is 1. The fraction of sp³-hybridized carbons (Fsp3) is 0.529. The average Bonchev–Trinajstić information content (AvgIpc) is 3.27. The van der Waals surface area contributed by atoms with Crippen molar-refractivity contribution in [3.05, 3.63) is 23.5 Å². The highest BCUT2D eigenvalue weighted by atomic mass is 127. The lowest BCUT2D eigenvalue weighted by Gasteiger charge is -2.35. The molecule has 0 saturated carbocycles. The zero-order chi connectivity index (χ0) is 19.4. The molecular weight excluding hydrogens is 491 g/mol. The topological polar surface area (TPSA) is 81.9 Å². The fourth-order valence-electron chi connectivity index (χ4n) is 2.83. The zero-order valence-electron chi connectivity index (χ0n) is 16.6. The number of hydrogen-bond donors (Lipinski definition) is 1. The van der Waals surface area contributed by atoms with Gasteiger partial charge in [0.25, 0.3) is 0 Å². The second-order valence-corrected chi connectivity index (χ2v) is 7.36. The number of anilines is 2. The number of hydrogen-bond acceptors (Lipinski definition) is 6. The monoisotopic (exact) mass is 518 g/mol. The van der Waals surface area contributed by atoms with Crippen LogP contribution in [0.25, 0.3) is 0 Å². The minimum Gasteiger partial charge on any atom is -0.356 e. The van der Waals surface area contributed by atoms with Crippen molar-refractivity contribution < 1.29 is 4.79 Å². The number of rotatable bonds is 5. The molecule has 1 N–H and O–H groups in total. The third-order valence-electron chi connectivity index (χ3n) is 4.17. The molecule has 1 amide bonds. The first-order chi connectivity index (χ1) is 13.0. The summed E-state index contributed by atoms with van der Waals surface area (Å²) in [5.41, 5.74) is 1.77. The van der Waals surface area contributed by atoms with Gasteiger partial charge in [0, 0.05) is 52.4 Å². The molecule has 0 radical (unpaired) electrons. The maximum Gasteiger partial charge on any atom is 0.246 e. The van der Waals surface area contributed by atoms with Crippen molar-refractivity contribution in [2.75, 3.05) is 50.1 Å². The molecule has 3 heterocycles. The van der Waals surface area contributed by atoms with Gasteiger partial charge in [0.2, 0.25) is 5.91 Å². The van der Waals surface area contributed by atoms with Gasteiger partial charge in [-0.1, -0.05) is 0 Å². The number of amides is 1. The molecule has 1 saturated heterocycles. The number of aromatic nitrogens is 3. The van der Waals surface area contributed by atoms with Crippen molar-refractivity contribution >= 4 is 58.0 Å². The summed E-state index contributed by atoms with van der Waals surface area (Å²) in [5, 5.41) is 10.4. The normalized spacial score (nSPS) is 14.9. The predicted octanol–water partition coefficient (Wildman–Crippen LogP) is 1.37. The van der Waals surface area contributed by atoms with Gasteiger partial charge in [0.15, 0.2) is 11.1 Å². The van der Waals surface area contributed by atoms with Gasteiger partial charge in [0.05, 0.1) is 24.1 Å². The highest BCUT2D eigenvalue weighted by Gasteiger charge is 2.27. The minimum atomic E-state index is 0. The van der Waals surface area contributed by atoms with E-state index in [4.69, 9.17) is 0 Å². The molecule has 2 aromatic heterocycles. The summed E-state index contributed by atoms with van der Waals surface area (Å²) in [5.74, 6) is 0.791. The third-order valence-corrected chi connectivity index (χ3v) is 5.23. The number of carbonyl (C=O) groups is 1. The Morgan fingerprint density at radius 1 is 1.39 bits per heavy atom. The minimum absolute atomic E-state index is 0. The number of aliphatic imine (C=N–C) groups is 1. The Labute approximate surface area is 186 Å². The lowest BCUT2D eigenvalue weighted by Crippen LogP contribution is -2.55. The molecule has 2 aromatic rings. The Hall–Kier alpha value is -1.89. The number of thiazole rings is 1. The number of halogens is 1. The lowest BCUT2D eigenvalue weighted by atomic mass is 10.3. The highest BCUT2D eigenvalue weighted by molar-refractivity contribution is 14.0. The van der Waals surface area contributed by atoms with Gasteiger partial charge in [0.1, 0.15) is 6.54 Å². The molecule has 1 aliphatic heterocycles. The van der Waals surface area contributed by atoms with Crippen LogP contribution in [0.2, 0.25) is 0 Å². The molecule has 0 unspecified atom stereocenters. The molecule has 0 bridgehead atoms. The largest absolute Gasteiger partial charge is 0.356 e. The van der Waals surface area contributed by atoms with Crippen LogP contribution in [0.1, 0.15) is 12.6 Å². The van der Waals surface area contributed by atoms with Gasteiger partial charge in [-0.05, 0) is 6.92 Å². The van der Waals surface area contributed by atoms with Crippen LogP contribution in [0, 0.1) is 0 Å². The van der Waals surface area contributed by atoms with Crippen LogP contribution in [0.5, 0.6) is 0 Å². The summed E-state index contributed by atoms with van der Waals surface area (Å²) >= 11 is 1.60. The van der Waals surface area contributed by atoms with E-state index in [0.29, 0.717) is 26.2 Å². The fourth-order valence-corrected chi connectivity index (χ4v) is 3.58. The molecule has 0 spiro atoms. The summed E-state index contributed by atoms with van der Waals surface area (Å²) < 4.78 is 1.70. The first kappa shape index (κ1) is 22.4. The van der Waals surface area contributed by atoms with Crippen LogP contribution >= 0.6 is 35.3 Å². The van der Waals surface area contributed by atoms with Gasteiger partial charge in [-0.2, -0.15) is 5.10 Å². The molecule has 0 aliphatic carbocycles. The first-order valence-electron chi connectivity index (χ1n) is 8.92. The van der Waals surface area contributed by atoms with Crippen molar-refractivity contribution in [1.29, 1.82) is 0 Å². The van der Waals surface area contributed by atoms with Crippen LogP contribution in [-0.4, -0.2) is 71.8 Å². The molecular formula is C17H27IN8OS. The van der Waals surface area contributed by atoms with Crippen LogP contribution in [-0.2, 0) is 18.4 Å². The SMILES string of the molecule is CCNC(=NCc1csc(N(C)C)n1)N1CCN(c2cnn(C)c2)C(=O)C1.I. The predicted molar refractivity (Wildman–Crippen MR) is 124 cm³/mol. The van der Waals surface area contributed by atoms with Gasteiger partial charge in [-0.3, -0.25) is 9.48 Å². The molecule has 1 fully saturated rings. The molecule has 3 rings (SSSR count). The van der Waals surface area contributed by atoms with Gasteiger partial charge >= 0.3 is 0 Å². The molecule has 0 aromatic carbocycles. The summed E-state index contributed by atoms with van der Waals surface area (Å²) in [6.45, 7) is 4.87. The van der Waals surface area contributed by atoms with Crippen LogP contribution in [0.4, 0.5) is 10.8 Å². The Morgan fingerprint density at radius 2 is 2.18 bits per heavy atom. The summed E-state index contributed by atoms with van der Waals surface area (Å²) in [4.78, 5) is 27.6. The Balaban J connectivity index is 0.00000280. The maximum absolute atomic E-state index is 12.6. The number of guanidine groups is 1. The van der Waals surface area contributed by atoms with Crippen molar-refractivity contribution in [1.82, 2.24) is 25.0 Å². The van der Waals surface area contributed by atoms with Crippen LogP contribution < -0.4 is 15.1 Å². The van der Waals surface area contributed by atoms with E-state index >= 15 is 0 Å². The number of aryl methyl sites for hydroxylation is 1. The standard InChI is InChI=1S/C17H26N8OS.HI/c1-5-18-16(19-8-13-12-27-17(21-13)22(2)3)24-6-7-25(15(26)11-24)14-9-20-23(4)10-14;/h9-10,12H,5-8,11H2,1-4H3,(H,18,19);1H. The van der Waals surface area contributed by atoms with E-state index in [0.717, 1.165) is 29.0 Å². The molecule has 28 heavy (non-hydrogen) atoms. The van der Waals surface area contributed by atoms with E-state index in [9.17, 15) is 4.79 Å². The Morgan fingerprint density at radius 3 is 2.75 bits per heavy atom. The van der Waals surface area contributed by atoms with E-state index in [1.54, 1.807) is 27.1 Å². The Kier molecular flexibility index (Phi) is 8.04. The van der Waals surface area contributed by atoms with E-state index in [2.05, 4.69) is 20.4 Å². The first-order valence-corrected chi connectivity index (χ1v) is 9.80. The van der Waals surface area contributed by atoms with Gasteiger partial charge in [-0.15, -0.1) is 35.3 Å². The summed E-state index contributed by atoms with van der Waals surface area (Å²) in [7, 11) is 5.80. The number of nitrogens with zero attached hydrogens (tertiary/aromatic N) is 7. The second kappa shape index (κ2) is 10.0. The van der Waals surface area contributed by atoms with Crippen LogP contribution in [0.3, 0.4) is 0 Å². The molecule has 1 aliphatic rings. The number of carbonyl (C=O) groups excluding carboxylic acids is 1. The van der Waals surface area contributed by atoms with Crippen molar-refractivity contribution in [2.24, 2.45) is 12.0 Å². The van der Waals surface area contributed by atoms with Crippen molar-refractivity contribution in [3.8, 4) is 0 Å². The third kappa shape index (κ3) is 5.34. The molecule has 0 atom stereocenters. The molecule has 9 nitrogen and oxygen atoms in total. The van der Waals surface area contributed by atoms with E-state index in [1.807, 2.05) is 49.4 Å². The lowest BCUT2D eigenvalue weighted by molar-refractivity contribution is -0.120. The van der Waals surface area contributed by atoms with Crippen molar-refractivity contribution in [2.45, 2.75) is 13.5 Å². The Bertz CT molecular complexity index is 818. The summed E-state index contributed by atoms with van der Waals surface area (Å²) in [6, 6.07) is 0. The van der Waals surface area contributed by atoms with E-state index in [-0.39, 0.29) is 29.9 Å². The number of nitrogens with one attached hydrogen (secondary N) is 1. The zero-order valence-corrected chi connectivity index (χ0v) is 19.8. The highest BCUT2D eigenvalue weighted by Crippen LogP contribution is 2.19. The second-order valence-electron chi connectivity index (χ2n) is 6.53. The summed E-state index contributed by atoms with van der Waals surface area (Å²) in [6.07, 6.45) is 3.58. The quantitative estimate of drug-likeness (QED) is 0.366. The van der Waals surface area contributed by atoms with Gasteiger partial charge < -0.3 is 20.0 Å².